The lowest BCUT2D eigenvalue weighted by Crippen LogP contribution is -2.28. The second-order valence-corrected chi connectivity index (χ2v) is 5.54. The summed E-state index contributed by atoms with van der Waals surface area (Å²) in [4.78, 5) is 12.0. The zero-order valence-corrected chi connectivity index (χ0v) is 12.1. The van der Waals surface area contributed by atoms with Crippen LogP contribution in [-0.2, 0) is 6.54 Å². The van der Waals surface area contributed by atoms with E-state index >= 15 is 0 Å². The van der Waals surface area contributed by atoms with Gasteiger partial charge in [-0.15, -0.1) is 0 Å². The Labute approximate surface area is 127 Å². The van der Waals surface area contributed by atoms with E-state index in [-0.39, 0.29) is 11.4 Å². The SMILES string of the molecule is O=c1cc(O)c(CNC2CCCC2)nn1-c1ccccc1F. The molecule has 1 aliphatic rings. The van der Waals surface area contributed by atoms with Gasteiger partial charge >= 0.3 is 0 Å². The zero-order chi connectivity index (χ0) is 15.5. The molecule has 0 atom stereocenters. The number of rotatable bonds is 4. The highest BCUT2D eigenvalue weighted by atomic mass is 19.1. The molecule has 5 nitrogen and oxygen atoms in total. The van der Waals surface area contributed by atoms with Crippen molar-refractivity contribution in [3.05, 3.63) is 52.2 Å². The normalized spacial score (nSPS) is 15.3. The summed E-state index contributed by atoms with van der Waals surface area (Å²) in [6, 6.07) is 7.42. The van der Waals surface area contributed by atoms with Gasteiger partial charge in [0, 0.05) is 18.7 Å². The van der Waals surface area contributed by atoms with E-state index in [0.717, 1.165) is 23.6 Å². The lowest BCUT2D eigenvalue weighted by molar-refractivity contribution is 0.440. The number of nitrogens with zero attached hydrogens (tertiary/aromatic N) is 2. The second kappa shape index (κ2) is 6.27. The number of hydrogen-bond acceptors (Lipinski definition) is 4. The van der Waals surface area contributed by atoms with Crippen LogP contribution >= 0.6 is 0 Å². The Balaban J connectivity index is 1.89. The van der Waals surface area contributed by atoms with Gasteiger partial charge in [0.15, 0.2) is 0 Å². The van der Waals surface area contributed by atoms with Crippen molar-refractivity contribution in [3.8, 4) is 11.4 Å². The van der Waals surface area contributed by atoms with E-state index in [1.165, 1.54) is 25.0 Å². The van der Waals surface area contributed by atoms with Crippen LogP contribution in [0.1, 0.15) is 31.4 Å². The van der Waals surface area contributed by atoms with E-state index in [0.29, 0.717) is 18.3 Å². The summed E-state index contributed by atoms with van der Waals surface area (Å²) in [7, 11) is 0. The summed E-state index contributed by atoms with van der Waals surface area (Å²) in [5.41, 5.74) is -0.142. The minimum atomic E-state index is -0.563. The Kier molecular flexibility index (Phi) is 4.20. The quantitative estimate of drug-likeness (QED) is 0.908. The molecule has 0 radical (unpaired) electrons. The Morgan fingerprint density at radius 2 is 2.05 bits per heavy atom. The third kappa shape index (κ3) is 3.01. The van der Waals surface area contributed by atoms with Crippen molar-refractivity contribution < 1.29 is 9.50 Å². The van der Waals surface area contributed by atoms with Crippen LogP contribution in [0.2, 0.25) is 0 Å². The number of para-hydroxylation sites is 1. The van der Waals surface area contributed by atoms with E-state index in [1.807, 2.05) is 0 Å². The van der Waals surface area contributed by atoms with E-state index < -0.39 is 11.4 Å². The molecule has 116 valence electrons. The molecule has 1 aromatic carbocycles. The van der Waals surface area contributed by atoms with Crippen molar-refractivity contribution in [2.45, 2.75) is 38.3 Å². The van der Waals surface area contributed by atoms with E-state index in [4.69, 9.17) is 0 Å². The van der Waals surface area contributed by atoms with Gasteiger partial charge in [0.25, 0.3) is 5.56 Å². The van der Waals surface area contributed by atoms with Crippen molar-refractivity contribution in [3.63, 3.8) is 0 Å². The van der Waals surface area contributed by atoms with Gasteiger partial charge in [-0.2, -0.15) is 9.78 Å². The number of hydrogen-bond donors (Lipinski definition) is 2. The molecule has 2 N–H and O–H groups in total. The summed E-state index contributed by atoms with van der Waals surface area (Å²) < 4.78 is 14.8. The number of benzene rings is 1. The molecule has 1 aliphatic carbocycles. The molecule has 1 saturated carbocycles. The maximum absolute atomic E-state index is 13.8. The first kappa shape index (κ1) is 14.7. The molecule has 1 aromatic heterocycles. The van der Waals surface area contributed by atoms with Gasteiger partial charge in [-0.05, 0) is 25.0 Å². The highest BCUT2D eigenvalue weighted by Gasteiger charge is 2.16. The molecule has 6 heteroatoms. The summed E-state index contributed by atoms with van der Waals surface area (Å²) in [5, 5.41) is 17.3. The molecule has 1 fully saturated rings. The predicted molar refractivity (Wildman–Crippen MR) is 80.6 cm³/mol. The molecule has 0 spiro atoms. The van der Waals surface area contributed by atoms with Gasteiger partial charge < -0.3 is 10.4 Å². The monoisotopic (exact) mass is 303 g/mol. The van der Waals surface area contributed by atoms with E-state index in [2.05, 4.69) is 10.4 Å². The average molecular weight is 303 g/mol. The molecule has 0 bridgehead atoms. The molecule has 3 rings (SSSR count). The van der Waals surface area contributed by atoms with Crippen LogP contribution in [0, 0.1) is 5.82 Å². The summed E-state index contributed by atoms with van der Waals surface area (Å²) in [5.74, 6) is -0.694. The average Bonchev–Trinajstić information content (AvgIpc) is 3.01. The number of halogens is 1. The van der Waals surface area contributed by atoms with Crippen LogP contribution in [-0.4, -0.2) is 20.9 Å². The lowest BCUT2D eigenvalue weighted by Gasteiger charge is -2.13. The fourth-order valence-corrected chi connectivity index (χ4v) is 2.78. The minimum absolute atomic E-state index is 0.0783. The third-order valence-corrected chi connectivity index (χ3v) is 3.98. The minimum Gasteiger partial charge on any atom is -0.506 e. The zero-order valence-electron chi connectivity index (χ0n) is 12.1. The Bertz CT molecular complexity index is 724. The third-order valence-electron chi connectivity index (χ3n) is 3.98. The smallest absolute Gasteiger partial charge is 0.275 e. The Morgan fingerprint density at radius 3 is 2.77 bits per heavy atom. The van der Waals surface area contributed by atoms with Crippen LogP contribution in [0.3, 0.4) is 0 Å². The van der Waals surface area contributed by atoms with Crippen molar-refractivity contribution in [1.82, 2.24) is 15.1 Å². The van der Waals surface area contributed by atoms with Crippen LogP contribution in [0.15, 0.2) is 35.1 Å². The second-order valence-electron chi connectivity index (χ2n) is 5.54. The number of aromatic hydroxyl groups is 1. The van der Waals surface area contributed by atoms with Gasteiger partial charge in [0.1, 0.15) is 22.9 Å². The van der Waals surface area contributed by atoms with Crippen LogP contribution in [0.4, 0.5) is 4.39 Å². The van der Waals surface area contributed by atoms with E-state index in [9.17, 15) is 14.3 Å². The lowest BCUT2D eigenvalue weighted by atomic mass is 10.2. The van der Waals surface area contributed by atoms with E-state index in [1.54, 1.807) is 12.1 Å². The predicted octanol–water partition coefficient (Wildman–Crippen LogP) is 2.11. The van der Waals surface area contributed by atoms with Crippen molar-refractivity contribution in [2.24, 2.45) is 0 Å². The standard InChI is InChI=1S/C16H18FN3O2/c17-12-7-3-4-8-14(12)20-16(22)9-15(21)13(19-20)10-18-11-5-1-2-6-11/h3-4,7-9,11,18,21H,1-2,5-6,10H2. The maximum Gasteiger partial charge on any atom is 0.275 e. The van der Waals surface area contributed by atoms with Gasteiger partial charge in [0.2, 0.25) is 0 Å². The largest absolute Gasteiger partial charge is 0.506 e. The van der Waals surface area contributed by atoms with Gasteiger partial charge in [-0.3, -0.25) is 4.79 Å². The molecule has 0 unspecified atom stereocenters. The van der Waals surface area contributed by atoms with Crippen LogP contribution in [0.5, 0.6) is 5.75 Å². The molecule has 2 aromatic rings. The van der Waals surface area contributed by atoms with Crippen LogP contribution in [0.25, 0.3) is 5.69 Å². The first-order valence-corrected chi connectivity index (χ1v) is 7.45. The Morgan fingerprint density at radius 1 is 1.32 bits per heavy atom. The summed E-state index contributed by atoms with van der Waals surface area (Å²) >= 11 is 0. The topological polar surface area (TPSA) is 67.2 Å². The number of aromatic nitrogens is 2. The van der Waals surface area contributed by atoms with Gasteiger partial charge in [0.05, 0.1) is 0 Å². The van der Waals surface area contributed by atoms with Crippen LogP contribution < -0.4 is 10.9 Å². The highest BCUT2D eigenvalue weighted by molar-refractivity contribution is 5.34. The summed E-state index contributed by atoms with van der Waals surface area (Å²) in [6.45, 7) is 0.352. The maximum atomic E-state index is 13.8. The van der Waals surface area contributed by atoms with Crippen molar-refractivity contribution in [2.75, 3.05) is 0 Å². The molecule has 1 heterocycles. The first-order chi connectivity index (χ1) is 10.6. The fourth-order valence-electron chi connectivity index (χ4n) is 2.78. The molecule has 0 aliphatic heterocycles. The van der Waals surface area contributed by atoms with Crippen molar-refractivity contribution in [1.29, 1.82) is 0 Å². The van der Waals surface area contributed by atoms with Crippen molar-refractivity contribution >= 4 is 0 Å². The molecule has 22 heavy (non-hydrogen) atoms. The fraction of sp³-hybridized carbons (Fsp3) is 0.375. The molecular weight excluding hydrogens is 285 g/mol. The molecule has 0 saturated heterocycles. The molecule has 0 amide bonds. The highest BCUT2D eigenvalue weighted by Crippen LogP contribution is 2.19. The first-order valence-electron chi connectivity index (χ1n) is 7.45. The van der Waals surface area contributed by atoms with Gasteiger partial charge in [-0.1, -0.05) is 25.0 Å². The summed E-state index contributed by atoms with van der Waals surface area (Å²) in [6.07, 6.45) is 4.61. The van der Waals surface area contributed by atoms with Gasteiger partial charge in [-0.25, -0.2) is 4.39 Å². The molecular formula is C16H18FN3O2. The number of nitrogens with one attached hydrogen (secondary N) is 1. The Hall–Kier alpha value is -2.21.